The summed E-state index contributed by atoms with van der Waals surface area (Å²) in [4.78, 5) is 23.7. The lowest BCUT2D eigenvalue weighted by Gasteiger charge is -2.20. The quantitative estimate of drug-likeness (QED) is 0.870. The minimum atomic E-state index is -0.746. The van der Waals surface area contributed by atoms with E-state index in [9.17, 15) is 9.59 Å². The van der Waals surface area contributed by atoms with Gasteiger partial charge in [-0.05, 0) is 18.1 Å². The standard InChI is InChI=1S/C13H15Cl2NO3/c1-7(2)11(13(18)19-3)16-12(17)10-8(14)5-4-6-9(10)15/h4-7,11H,1-3H3,(H,16,17). The van der Waals surface area contributed by atoms with Gasteiger partial charge in [-0.3, -0.25) is 4.79 Å². The van der Waals surface area contributed by atoms with Crippen molar-refractivity contribution in [1.29, 1.82) is 0 Å². The average molecular weight is 304 g/mol. The number of ether oxygens (including phenoxy) is 1. The number of carbonyl (C=O) groups is 2. The van der Waals surface area contributed by atoms with Crippen LogP contribution in [-0.2, 0) is 9.53 Å². The minimum absolute atomic E-state index is 0.113. The van der Waals surface area contributed by atoms with E-state index in [-0.39, 0.29) is 21.5 Å². The summed E-state index contributed by atoms with van der Waals surface area (Å²) in [6.07, 6.45) is 0. The number of hydrogen-bond acceptors (Lipinski definition) is 3. The van der Waals surface area contributed by atoms with E-state index in [0.29, 0.717) is 0 Å². The van der Waals surface area contributed by atoms with E-state index in [1.807, 2.05) is 0 Å². The molecular formula is C13H15Cl2NO3. The first-order chi connectivity index (χ1) is 8.88. The molecule has 1 aromatic rings. The van der Waals surface area contributed by atoms with Crippen molar-refractivity contribution in [3.05, 3.63) is 33.8 Å². The van der Waals surface area contributed by atoms with Gasteiger partial charge in [-0.15, -0.1) is 0 Å². The first kappa shape index (κ1) is 15.8. The highest BCUT2D eigenvalue weighted by Gasteiger charge is 2.26. The second-order valence-corrected chi connectivity index (χ2v) is 5.13. The molecule has 0 aromatic heterocycles. The molecule has 0 radical (unpaired) electrons. The van der Waals surface area contributed by atoms with Gasteiger partial charge in [-0.25, -0.2) is 4.79 Å². The molecule has 0 bridgehead atoms. The topological polar surface area (TPSA) is 55.4 Å². The molecule has 1 N–H and O–H groups in total. The first-order valence-electron chi connectivity index (χ1n) is 5.71. The van der Waals surface area contributed by atoms with Gasteiger partial charge in [0.2, 0.25) is 0 Å². The van der Waals surface area contributed by atoms with Crippen LogP contribution >= 0.6 is 23.2 Å². The van der Waals surface area contributed by atoms with Crippen LogP contribution in [0.15, 0.2) is 18.2 Å². The van der Waals surface area contributed by atoms with Crippen molar-refractivity contribution >= 4 is 35.1 Å². The molecule has 0 aliphatic heterocycles. The van der Waals surface area contributed by atoms with Crippen LogP contribution in [0.4, 0.5) is 0 Å². The van der Waals surface area contributed by atoms with Crippen molar-refractivity contribution in [2.75, 3.05) is 7.11 Å². The van der Waals surface area contributed by atoms with Gasteiger partial charge in [0.1, 0.15) is 6.04 Å². The van der Waals surface area contributed by atoms with Crippen LogP contribution in [0.1, 0.15) is 24.2 Å². The van der Waals surface area contributed by atoms with E-state index < -0.39 is 17.9 Å². The van der Waals surface area contributed by atoms with Crippen molar-refractivity contribution < 1.29 is 14.3 Å². The molecule has 0 spiro atoms. The van der Waals surface area contributed by atoms with Crippen LogP contribution in [-0.4, -0.2) is 25.0 Å². The summed E-state index contributed by atoms with van der Waals surface area (Å²) in [6, 6.07) is 4.02. The van der Waals surface area contributed by atoms with Crippen molar-refractivity contribution in [1.82, 2.24) is 5.32 Å². The molecule has 1 amide bonds. The van der Waals surface area contributed by atoms with Gasteiger partial charge >= 0.3 is 5.97 Å². The van der Waals surface area contributed by atoms with E-state index in [1.165, 1.54) is 7.11 Å². The minimum Gasteiger partial charge on any atom is -0.467 e. The summed E-state index contributed by atoms with van der Waals surface area (Å²) in [7, 11) is 1.27. The van der Waals surface area contributed by atoms with E-state index >= 15 is 0 Å². The summed E-state index contributed by atoms with van der Waals surface area (Å²) in [5.74, 6) is -1.12. The maximum absolute atomic E-state index is 12.1. The van der Waals surface area contributed by atoms with Crippen molar-refractivity contribution in [2.24, 2.45) is 5.92 Å². The predicted octanol–water partition coefficient (Wildman–Crippen LogP) is 2.92. The number of halogens is 2. The maximum atomic E-state index is 12.1. The zero-order valence-corrected chi connectivity index (χ0v) is 12.4. The molecule has 1 aromatic carbocycles. The Kier molecular flexibility index (Phi) is 5.63. The van der Waals surface area contributed by atoms with Crippen LogP contribution in [0.3, 0.4) is 0 Å². The Balaban J connectivity index is 2.98. The van der Waals surface area contributed by atoms with Crippen molar-refractivity contribution in [3.8, 4) is 0 Å². The van der Waals surface area contributed by atoms with Crippen LogP contribution < -0.4 is 5.32 Å². The predicted molar refractivity (Wildman–Crippen MR) is 74.6 cm³/mol. The molecule has 1 atom stereocenters. The number of nitrogens with one attached hydrogen (secondary N) is 1. The number of hydrogen-bond donors (Lipinski definition) is 1. The summed E-state index contributed by atoms with van der Waals surface area (Å²) in [5.41, 5.74) is 0.153. The highest BCUT2D eigenvalue weighted by Crippen LogP contribution is 2.24. The second kappa shape index (κ2) is 6.78. The first-order valence-corrected chi connectivity index (χ1v) is 6.46. The van der Waals surface area contributed by atoms with E-state index in [0.717, 1.165) is 0 Å². The third-order valence-electron chi connectivity index (χ3n) is 2.60. The molecule has 1 rings (SSSR count). The van der Waals surface area contributed by atoms with Gasteiger partial charge < -0.3 is 10.1 Å². The van der Waals surface area contributed by atoms with Gasteiger partial charge in [0, 0.05) is 0 Å². The Hall–Kier alpha value is -1.26. The summed E-state index contributed by atoms with van der Waals surface area (Å²) < 4.78 is 4.65. The average Bonchev–Trinajstić information content (AvgIpc) is 2.34. The van der Waals surface area contributed by atoms with Crippen LogP contribution in [0.2, 0.25) is 10.0 Å². The number of carbonyl (C=O) groups excluding carboxylic acids is 2. The Morgan fingerprint density at radius 1 is 1.21 bits per heavy atom. The molecule has 0 heterocycles. The maximum Gasteiger partial charge on any atom is 0.328 e. The lowest BCUT2D eigenvalue weighted by atomic mass is 10.0. The normalized spacial score (nSPS) is 12.1. The third kappa shape index (κ3) is 3.85. The molecule has 0 saturated heterocycles. The zero-order valence-electron chi connectivity index (χ0n) is 10.9. The molecule has 0 saturated carbocycles. The Bertz CT molecular complexity index is 469. The smallest absolute Gasteiger partial charge is 0.328 e. The highest BCUT2D eigenvalue weighted by molar-refractivity contribution is 6.39. The van der Waals surface area contributed by atoms with Crippen LogP contribution in [0.5, 0.6) is 0 Å². The van der Waals surface area contributed by atoms with Crippen molar-refractivity contribution in [2.45, 2.75) is 19.9 Å². The Labute approximate surface area is 122 Å². The lowest BCUT2D eigenvalue weighted by molar-refractivity contribution is -0.144. The number of benzene rings is 1. The Morgan fingerprint density at radius 3 is 2.16 bits per heavy atom. The van der Waals surface area contributed by atoms with E-state index in [2.05, 4.69) is 10.1 Å². The Morgan fingerprint density at radius 2 is 1.74 bits per heavy atom. The third-order valence-corrected chi connectivity index (χ3v) is 3.23. The lowest BCUT2D eigenvalue weighted by Crippen LogP contribution is -2.45. The summed E-state index contributed by atoms with van der Waals surface area (Å²) in [5, 5.41) is 3.05. The summed E-state index contributed by atoms with van der Waals surface area (Å²) in [6.45, 7) is 3.60. The van der Waals surface area contributed by atoms with Crippen LogP contribution in [0, 0.1) is 5.92 Å². The molecule has 0 fully saturated rings. The van der Waals surface area contributed by atoms with E-state index in [4.69, 9.17) is 23.2 Å². The number of rotatable bonds is 4. The molecule has 0 aliphatic carbocycles. The monoisotopic (exact) mass is 303 g/mol. The SMILES string of the molecule is COC(=O)C(NC(=O)c1c(Cl)cccc1Cl)C(C)C. The van der Waals surface area contributed by atoms with Crippen LogP contribution in [0.25, 0.3) is 0 Å². The van der Waals surface area contributed by atoms with Gasteiger partial charge in [-0.1, -0.05) is 43.1 Å². The molecule has 19 heavy (non-hydrogen) atoms. The largest absolute Gasteiger partial charge is 0.467 e. The second-order valence-electron chi connectivity index (χ2n) is 4.31. The molecule has 1 unspecified atom stereocenters. The molecule has 104 valence electrons. The number of esters is 1. The molecule has 6 heteroatoms. The fourth-order valence-electron chi connectivity index (χ4n) is 1.55. The summed E-state index contributed by atoms with van der Waals surface area (Å²) >= 11 is 11.9. The van der Waals surface area contributed by atoms with Crippen molar-refractivity contribution in [3.63, 3.8) is 0 Å². The molecule has 0 aliphatic rings. The fraction of sp³-hybridized carbons (Fsp3) is 0.385. The van der Waals surface area contributed by atoms with Gasteiger partial charge in [0.25, 0.3) is 5.91 Å². The number of amides is 1. The fourth-order valence-corrected chi connectivity index (χ4v) is 2.12. The van der Waals surface area contributed by atoms with Gasteiger partial charge in [-0.2, -0.15) is 0 Å². The van der Waals surface area contributed by atoms with Gasteiger partial charge in [0.05, 0.1) is 22.7 Å². The highest BCUT2D eigenvalue weighted by atomic mass is 35.5. The zero-order chi connectivity index (χ0) is 14.6. The number of methoxy groups -OCH3 is 1. The molecule has 4 nitrogen and oxygen atoms in total. The van der Waals surface area contributed by atoms with Gasteiger partial charge in [0.15, 0.2) is 0 Å². The molecular weight excluding hydrogens is 289 g/mol. The van der Waals surface area contributed by atoms with E-state index in [1.54, 1.807) is 32.0 Å².